The average molecular weight is 209 g/mol. The largest absolute Gasteiger partial charge is 0.304 e. The van der Waals surface area contributed by atoms with Gasteiger partial charge in [0.1, 0.15) is 0 Å². The fourth-order valence-electron chi connectivity index (χ4n) is 3.39. The van der Waals surface area contributed by atoms with Gasteiger partial charge in [0.05, 0.1) is 6.61 Å². The lowest BCUT2D eigenvalue weighted by Crippen LogP contribution is -2.51. The molecule has 0 saturated heterocycles. The van der Waals surface area contributed by atoms with Gasteiger partial charge in [0.25, 0.3) is 0 Å². The number of hydrogen-bond acceptors (Lipinski definition) is 2. The molecule has 3 aliphatic carbocycles. The van der Waals surface area contributed by atoms with E-state index in [0.717, 1.165) is 11.8 Å². The van der Waals surface area contributed by atoms with E-state index in [9.17, 15) is 0 Å². The molecule has 3 rings (SSSR count). The van der Waals surface area contributed by atoms with Gasteiger partial charge in [-0.1, -0.05) is 39.3 Å². The number of hydrogen-bond donors (Lipinski definition) is 1. The summed E-state index contributed by atoms with van der Waals surface area (Å²) in [6, 6.07) is 0. The fourth-order valence-corrected chi connectivity index (χ4v) is 3.39. The first-order chi connectivity index (χ1) is 6.89. The molecule has 2 heteroatoms. The highest BCUT2D eigenvalue weighted by Crippen LogP contribution is 2.62. The monoisotopic (exact) mass is 209 g/mol. The summed E-state index contributed by atoms with van der Waals surface area (Å²) in [6.07, 6.45) is 5.04. The zero-order chi connectivity index (χ0) is 11.3. The van der Waals surface area contributed by atoms with Crippen molar-refractivity contribution in [2.45, 2.75) is 40.5 Å². The maximum absolute atomic E-state index is 5.22. The Labute approximate surface area is 92.8 Å². The summed E-state index contributed by atoms with van der Waals surface area (Å²) in [5.74, 6) is 6.87. The van der Waals surface area contributed by atoms with Gasteiger partial charge in [-0.3, -0.25) is 0 Å². The Morgan fingerprint density at radius 1 is 1.53 bits per heavy atom. The molecule has 0 aromatic rings. The Hall–Kier alpha value is -0.340. The molecule has 15 heavy (non-hydrogen) atoms. The zero-order valence-electron chi connectivity index (χ0n) is 10.3. The third kappa shape index (κ3) is 1.55. The second kappa shape index (κ2) is 3.33. The van der Waals surface area contributed by atoms with Crippen LogP contribution >= 0.6 is 0 Å². The Morgan fingerprint density at radius 2 is 2.20 bits per heavy atom. The minimum atomic E-state index is 0.0993. The van der Waals surface area contributed by atoms with Gasteiger partial charge >= 0.3 is 0 Å². The van der Waals surface area contributed by atoms with Crippen LogP contribution in [0.3, 0.4) is 0 Å². The van der Waals surface area contributed by atoms with Crippen molar-refractivity contribution in [2.75, 3.05) is 6.61 Å². The van der Waals surface area contributed by atoms with Crippen LogP contribution in [0, 0.1) is 22.7 Å². The highest BCUT2D eigenvalue weighted by Gasteiger charge is 2.53. The standard InChI is InChI=1S/C13H23NO/c1-12(2,8-15-14)10-6-5-9-7-11(10)13(9,3)4/h6,9,11H,5,7-8,14H2,1-4H3. The Bertz CT molecular complexity index is 291. The molecule has 0 aromatic heterocycles. The summed E-state index contributed by atoms with van der Waals surface area (Å²) in [4.78, 5) is 4.85. The molecule has 0 amide bonds. The Kier molecular flexibility index (Phi) is 2.47. The molecule has 2 bridgehead atoms. The maximum atomic E-state index is 5.22. The summed E-state index contributed by atoms with van der Waals surface area (Å²) in [6.45, 7) is 9.90. The van der Waals surface area contributed by atoms with Crippen LogP contribution in [0.1, 0.15) is 40.5 Å². The number of allylic oxidation sites excluding steroid dienone is 1. The molecule has 2 atom stereocenters. The van der Waals surface area contributed by atoms with Crippen LogP contribution in [-0.4, -0.2) is 6.61 Å². The Balaban J connectivity index is 2.21. The van der Waals surface area contributed by atoms with E-state index in [0.29, 0.717) is 12.0 Å². The van der Waals surface area contributed by atoms with Crippen LogP contribution in [0.2, 0.25) is 0 Å². The highest BCUT2D eigenvalue weighted by atomic mass is 16.6. The summed E-state index contributed by atoms with van der Waals surface area (Å²) >= 11 is 0. The van der Waals surface area contributed by atoms with E-state index >= 15 is 0 Å². The van der Waals surface area contributed by atoms with Gasteiger partial charge in [-0.25, -0.2) is 5.90 Å². The molecule has 2 N–H and O–H groups in total. The van der Waals surface area contributed by atoms with Crippen LogP contribution < -0.4 is 5.90 Å². The van der Waals surface area contributed by atoms with E-state index in [-0.39, 0.29) is 5.41 Å². The number of rotatable bonds is 3. The summed E-state index contributed by atoms with van der Waals surface area (Å²) in [5.41, 5.74) is 2.17. The van der Waals surface area contributed by atoms with E-state index in [1.807, 2.05) is 0 Å². The van der Waals surface area contributed by atoms with Crippen molar-refractivity contribution in [3.05, 3.63) is 11.6 Å². The summed E-state index contributed by atoms with van der Waals surface area (Å²) in [5, 5.41) is 0. The van der Waals surface area contributed by atoms with Crippen molar-refractivity contribution in [3.8, 4) is 0 Å². The quantitative estimate of drug-likeness (QED) is 0.573. The van der Waals surface area contributed by atoms with Crippen LogP contribution in [0.25, 0.3) is 0 Å². The third-order valence-corrected chi connectivity index (χ3v) is 4.69. The van der Waals surface area contributed by atoms with Crippen molar-refractivity contribution in [2.24, 2.45) is 28.6 Å². The molecule has 0 aromatic carbocycles. The third-order valence-electron chi connectivity index (χ3n) is 4.69. The second-order valence-corrected chi connectivity index (χ2v) is 6.40. The molecule has 1 saturated carbocycles. The molecule has 0 radical (unpaired) electrons. The molecule has 0 heterocycles. The number of nitrogens with two attached hydrogens (primary N) is 1. The van der Waals surface area contributed by atoms with Gasteiger partial charge in [0, 0.05) is 5.41 Å². The average Bonchev–Trinajstić information content (AvgIpc) is 2.17. The highest BCUT2D eigenvalue weighted by molar-refractivity contribution is 5.28. The SMILES string of the molecule is CC(C)(CON)C1=CCC2CC1C2(C)C. The molecular formula is C13H23NO. The molecule has 3 aliphatic rings. The van der Waals surface area contributed by atoms with Gasteiger partial charge < -0.3 is 4.84 Å². The van der Waals surface area contributed by atoms with Crippen molar-refractivity contribution >= 4 is 0 Å². The van der Waals surface area contributed by atoms with Crippen molar-refractivity contribution in [3.63, 3.8) is 0 Å². The Morgan fingerprint density at radius 3 is 2.67 bits per heavy atom. The van der Waals surface area contributed by atoms with Gasteiger partial charge in [0.15, 0.2) is 0 Å². The molecule has 0 spiro atoms. The lowest BCUT2D eigenvalue weighted by atomic mass is 9.46. The van der Waals surface area contributed by atoms with Gasteiger partial charge in [-0.15, -0.1) is 0 Å². The fraction of sp³-hybridized carbons (Fsp3) is 0.846. The van der Waals surface area contributed by atoms with Gasteiger partial charge in [-0.05, 0) is 30.1 Å². The van der Waals surface area contributed by atoms with Crippen molar-refractivity contribution in [1.82, 2.24) is 0 Å². The molecule has 86 valence electrons. The number of fused-ring (bicyclic) bond motifs is 1. The molecular weight excluding hydrogens is 186 g/mol. The maximum Gasteiger partial charge on any atom is 0.0767 e. The first kappa shape index (κ1) is 11.2. The lowest BCUT2D eigenvalue weighted by molar-refractivity contribution is -0.0296. The lowest BCUT2D eigenvalue weighted by Gasteiger charge is -2.59. The minimum absolute atomic E-state index is 0.0993. The minimum Gasteiger partial charge on any atom is -0.304 e. The van der Waals surface area contributed by atoms with Crippen LogP contribution in [0.5, 0.6) is 0 Å². The van der Waals surface area contributed by atoms with Crippen LogP contribution in [0.4, 0.5) is 0 Å². The second-order valence-electron chi connectivity index (χ2n) is 6.40. The van der Waals surface area contributed by atoms with E-state index in [1.54, 1.807) is 5.57 Å². The summed E-state index contributed by atoms with van der Waals surface area (Å²) in [7, 11) is 0. The van der Waals surface area contributed by atoms with E-state index in [1.165, 1.54) is 12.8 Å². The molecule has 0 aliphatic heterocycles. The summed E-state index contributed by atoms with van der Waals surface area (Å²) < 4.78 is 0. The normalized spacial score (nSPS) is 33.3. The van der Waals surface area contributed by atoms with Gasteiger partial charge in [-0.2, -0.15) is 0 Å². The van der Waals surface area contributed by atoms with E-state index < -0.39 is 0 Å². The predicted molar refractivity (Wildman–Crippen MR) is 62.0 cm³/mol. The van der Waals surface area contributed by atoms with Crippen molar-refractivity contribution < 1.29 is 4.84 Å². The van der Waals surface area contributed by atoms with Crippen LogP contribution in [0.15, 0.2) is 11.6 Å². The van der Waals surface area contributed by atoms with Gasteiger partial charge in [0.2, 0.25) is 0 Å². The first-order valence-corrected chi connectivity index (χ1v) is 5.92. The van der Waals surface area contributed by atoms with Crippen LogP contribution in [-0.2, 0) is 4.84 Å². The predicted octanol–water partition coefficient (Wildman–Crippen LogP) is 2.90. The molecule has 2 nitrogen and oxygen atoms in total. The van der Waals surface area contributed by atoms with Crippen molar-refractivity contribution in [1.29, 1.82) is 0 Å². The molecule has 1 fully saturated rings. The zero-order valence-corrected chi connectivity index (χ0v) is 10.3. The molecule has 2 unspecified atom stereocenters. The smallest absolute Gasteiger partial charge is 0.0767 e. The van der Waals surface area contributed by atoms with E-state index in [2.05, 4.69) is 33.8 Å². The topological polar surface area (TPSA) is 35.2 Å². The first-order valence-electron chi connectivity index (χ1n) is 5.92. The van der Waals surface area contributed by atoms with E-state index in [4.69, 9.17) is 10.7 Å².